The zero-order chi connectivity index (χ0) is 14.0. The minimum atomic E-state index is -3.85. The second kappa shape index (κ2) is 5.32. The Morgan fingerprint density at radius 1 is 1.53 bits per heavy atom. The Balaban J connectivity index is 2.10. The molecule has 2 rings (SSSR count). The molecular weight excluding hydrogens is 274 g/mol. The van der Waals surface area contributed by atoms with E-state index in [-0.39, 0.29) is 12.0 Å². The van der Waals surface area contributed by atoms with Crippen LogP contribution in [0.3, 0.4) is 0 Å². The van der Waals surface area contributed by atoms with Crippen molar-refractivity contribution in [3.05, 3.63) is 17.9 Å². The molecule has 1 aromatic rings. The predicted octanol–water partition coefficient (Wildman–Crippen LogP) is 0.681. The molecule has 0 bridgehead atoms. The molecule has 106 valence electrons. The number of hydrogen-bond acceptors (Lipinski definition) is 5. The SMILES string of the molecule is CC(NS(=O)(=O)c1ccc(C(=O)O)o1)C1CCOC1. The first-order chi connectivity index (χ1) is 8.90. The van der Waals surface area contributed by atoms with Gasteiger partial charge in [0.2, 0.25) is 10.9 Å². The molecule has 19 heavy (non-hydrogen) atoms. The van der Waals surface area contributed by atoms with E-state index in [1.165, 1.54) is 0 Å². The Kier molecular flexibility index (Phi) is 3.93. The Hall–Kier alpha value is -1.38. The van der Waals surface area contributed by atoms with Gasteiger partial charge >= 0.3 is 5.97 Å². The van der Waals surface area contributed by atoms with Gasteiger partial charge in [-0.1, -0.05) is 0 Å². The maximum atomic E-state index is 12.0. The first-order valence-electron chi connectivity index (χ1n) is 5.83. The zero-order valence-corrected chi connectivity index (χ0v) is 11.1. The van der Waals surface area contributed by atoms with Crippen LogP contribution in [0.15, 0.2) is 21.6 Å². The lowest BCUT2D eigenvalue weighted by Crippen LogP contribution is -2.38. The summed E-state index contributed by atoms with van der Waals surface area (Å²) in [6.45, 7) is 2.89. The van der Waals surface area contributed by atoms with Gasteiger partial charge in [-0.2, -0.15) is 0 Å². The molecule has 0 radical (unpaired) electrons. The fraction of sp³-hybridized carbons (Fsp3) is 0.545. The van der Waals surface area contributed by atoms with Crippen molar-refractivity contribution in [2.75, 3.05) is 13.2 Å². The molecule has 2 unspecified atom stereocenters. The van der Waals surface area contributed by atoms with Gasteiger partial charge in [0.15, 0.2) is 0 Å². The number of hydrogen-bond donors (Lipinski definition) is 2. The number of sulfonamides is 1. The summed E-state index contributed by atoms with van der Waals surface area (Å²) in [6, 6.07) is 1.94. The van der Waals surface area contributed by atoms with Crippen molar-refractivity contribution < 1.29 is 27.5 Å². The summed E-state index contributed by atoms with van der Waals surface area (Å²) in [4.78, 5) is 10.6. The van der Waals surface area contributed by atoms with E-state index in [2.05, 4.69) is 4.72 Å². The van der Waals surface area contributed by atoms with Gasteiger partial charge in [-0.15, -0.1) is 0 Å². The van der Waals surface area contributed by atoms with E-state index in [1.807, 2.05) is 0 Å². The van der Waals surface area contributed by atoms with E-state index in [0.717, 1.165) is 18.6 Å². The van der Waals surface area contributed by atoms with Crippen LogP contribution in [0.4, 0.5) is 0 Å². The summed E-state index contributed by atoms with van der Waals surface area (Å²) in [6.07, 6.45) is 0.794. The van der Waals surface area contributed by atoms with Gasteiger partial charge in [0, 0.05) is 18.6 Å². The van der Waals surface area contributed by atoms with Crippen LogP contribution < -0.4 is 4.72 Å². The van der Waals surface area contributed by atoms with E-state index in [0.29, 0.717) is 13.2 Å². The second-order valence-electron chi connectivity index (χ2n) is 4.46. The standard InChI is InChI=1S/C11H15NO6S/c1-7(8-4-5-17-6-8)12-19(15,16)10-3-2-9(18-10)11(13)14/h2-3,7-8,12H,4-6H2,1H3,(H,13,14). The van der Waals surface area contributed by atoms with E-state index < -0.39 is 26.8 Å². The zero-order valence-electron chi connectivity index (χ0n) is 10.3. The molecule has 7 nitrogen and oxygen atoms in total. The molecule has 0 aliphatic carbocycles. The van der Waals surface area contributed by atoms with E-state index >= 15 is 0 Å². The Labute approximate surface area is 110 Å². The van der Waals surface area contributed by atoms with E-state index in [9.17, 15) is 13.2 Å². The maximum absolute atomic E-state index is 12.0. The average molecular weight is 289 g/mol. The van der Waals surface area contributed by atoms with Gasteiger partial charge in [-0.05, 0) is 25.5 Å². The lowest BCUT2D eigenvalue weighted by molar-refractivity contribution is 0.0656. The van der Waals surface area contributed by atoms with Crippen molar-refractivity contribution in [3.8, 4) is 0 Å². The highest BCUT2D eigenvalue weighted by atomic mass is 32.2. The van der Waals surface area contributed by atoms with Crippen LogP contribution in [0, 0.1) is 5.92 Å². The Bertz CT molecular complexity index is 557. The molecule has 2 atom stereocenters. The molecule has 1 aromatic heterocycles. The van der Waals surface area contributed by atoms with Crippen LogP contribution >= 0.6 is 0 Å². The van der Waals surface area contributed by atoms with Crippen molar-refractivity contribution >= 4 is 16.0 Å². The fourth-order valence-electron chi connectivity index (χ4n) is 1.93. The molecule has 1 saturated heterocycles. The fourth-order valence-corrected chi connectivity index (χ4v) is 3.17. The number of carboxylic acid groups (broad SMARTS) is 1. The number of nitrogens with one attached hydrogen (secondary N) is 1. The van der Waals surface area contributed by atoms with Crippen LogP contribution in [0.1, 0.15) is 23.9 Å². The molecule has 0 aromatic carbocycles. The van der Waals surface area contributed by atoms with Gasteiger partial charge in [-0.25, -0.2) is 17.9 Å². The third-order valence-electron chi connectivity index (χ3n) is 3.07. The number of ether oxygens (including phenoxy) is 1. The summed E-state index contributed by atoms with van der Waals surface area (Å²) in [7, 11) is -3.85. The number of rotatable bonds is 5. The number of furan rings is 1. The predicted molar refractivity (Wildman–Crippen MR) is 64.4 cm³/mol. The quantitative estimate of drug-likeness (QED) is 0.825. The monoisotopic (exact) mass is 289 g/mol. The first-order valence-corrected chi connectivity index (χ1v) is 7.31. The summed E-state index contributed by atoms with van der Waals surface area (Å²) < 4.78 is 36.5. The number of aromatic carboxylic acids is 1. The Morgan fingerprint density at radius 3 is 2.79 bits per heavy atom. The van der Waals surface area contributed by atoms with Gasteiger partial charge < -0.3 is 14.3 Å². The van der Waals surface area contributed by atoms with E-state index in [1.54, 1.807) is 6.92 Å². The van der Waals surface area contributed by atoms with Crippen molar-refractivity contribution in [3.63, 3.8) is 0 Å². The van der Waals surface area contributed by atoms with Crippen LogP contribution in [0.25, 0.3) is 0 Å². The largest absolute Gasteiger partial charge is 0.475 e. The normalized spacial score (nSPS) is 21.4. The molecule has 0 spiro atoms. The number of carbonyl (C=O) groups is 1. The van der Waals surface area contributed by atoms with Gasteiger partial charge in [0.25, 0.3) is 10.0 Å². The highest BCUT2D eigenvalue weighted by molar-refractivity contribution is 7.89. The van der Waals surface area contributed by atoms with Crippen LogP contribution in [-0.2, 0) is 14.8 Å². The highest BCUT2D eigenvalue weighted by Crippen LogP contribution is 2.19. The molecular formula is C11H15NO6S. The molecule has 1 aliphatic rings. The van der Waals surface area contributed by atoms with Crippen molar-refractivity contribution in [1.29, 1.82) is 0 Å². The molecule has 1 aliphatic heterocycles. The number of carboxylic acids is 1. The minimum Gasteiger partial charge on any atom is -0.475 e. The summed E-state index contributed by atoms with van der Waals surface area (Å²) in [5.74, 6) is -1.60. The average Bonchev–Trinajstić information content (AvgIpc) is 3.00. The molecule has 1 fully saturated rings. The highest BCUT2D eigenvalue weighted by Gasteiger charge is 2.28. The summed E-state index contributed by atoms with van der Waals surface area (Å²) in [5, 5.41) is 8.30. The van der Waals surface area contributed by atoms with Gasteiger partial charge in [0.05, 0.1) is 6.61 Å². The van der Waals surface area contributed by atoms with Crippen LogP contribution in [0.2, 0.25) is 0 Å². The molecule has 2 N–H and O–H groups in total. The van der Waals surface area contributed by atoms with Crippen molar-refractivity contribution in [2.45, 2.75) is 24.5 Å². The third-order valence-corrected chi connectivity index (χ3v) is 4.50. The molecule has 0 saturated carbocycles. The second-order valence-corrected chi connectivity index (χ2v) is 6.10. The smallest absolute Gasteiger partial charge is 0.371 e. The summed E-state index contributed by atoms with van der Waals surface area (Å²) in [5.41, 5.74) is 0. The lowest BCUT2D eigenvalue weighted by Gasteiger charge is -2.18. The van der Waals surface area contributed by atoms with Gasteiger partial charge in [-0.3, -0.25) is 0 Å². The van der Waals surface area contributed by atoms with Gasteiger partial charge in [0.1, 0.15) is 0 Å². The van der Waals surface area contributed by atoms with Crippen molar-refractivity contribution in [2.24, 2.45) is 5.92 Å². The third kappa shape index (κ3) is 3.14. The minimum absolute atomic E-state index is 0.115. The van der Waals surface area contributed by atoms with Crippen molar-refractivity contribution in [1.82, 2.24) is 4.72 Å². The Morgan fingerprint density at radius 2 is 2.26 bits per heavy atom. The molecule has 8 heteroatoms. The topological polar surface area (TPSA) is 106 Å². The summed E-state index contributed by atoms with van der Waals surface area (Å²) >= 11 is 0. The molecule has 2 heterocycles. The molecule has 0 amide bonds. The lowest BCUT2D eigenvalue weighted by atomic mass is 10.0. The van der Waals surface area contributed by atoms with E-state index in [4.69, 9.17) is 14.3 Å². The van der Waals surface area contributed by atoms with Crippen LogP contribution in [-0.4, -0.2) is 38.7 Å². The van der Waals surface area contributed by atoms with Crippen LogP contribution in [0.5, 0.6) is 0 Å². The maximum Gasteiger partial charge on any atom is 0.371 e. The first kappa shape index (κ1) is 14.0.